The quantitative estimate of drug-likeness (QED) is 0.825. The Bertz CT molecular complexity index is 389. The zero-order valence-electron chi connectivity index (χ0n) is 10.1. The number of piperidine rings is 1. The Morgan fingerprint density at radius 3 is 2.94 bits per heavy atom. The molecule has 0 unspecified atom stereocenters. The third kappa shape index (κ3) is 3.85. The maximum Gasteiger partial charge on any atom is 0.0991 e. The van der Waals surface area contributed by atoms with Gasteiger partial charge in [-0.25, -0.2) is 0 Å². The van der Waals surface area contributed by atoms with Crippen molar-refractivity contribution in [2.45, 2.75) is 19.4 Å². The summed E-state index contributed by atoms with van der Waals surface area (Å²) in [5, 5.41) is 15.7. The Kier molecular flexibility index (Phi) is 4.54. The molecular formula is C14H19N3. The Balaban J connectivity index is 1.75. The van der Waals surface area contributed by atoms with Gasteiger partial charge in [-0.1, -0.05) is 12.1 Å². The smallest absolute Gasteiger partial charge is 0.0991 e. The third-order valence-electron chi connectivity index (χ3n) is 3.28. The summed E-state index contributed by atoms with van der Waals surface area (Å²) in [5.41, 5.74) is 1.93. The van der Waals surface area contributed by atoms with E-state index in [4.69, 9.17) is 5.26 Å². The van der Waals surface area contributed by atoms with Crippen LogP contribution < -0.4 is 10.6 Å². The highest BCUT2D eigenvalue weighted by molar-refractivity contribution is 5.32. The van der Waals surface area contributed by atoms with E-state index in [0.29, 0.717) is 0 Å². The van der Waals surface area contributed by atoms with Crippen molar-refractivity contribution in [2.24, 2.45) is 5.92 Å². The van der Waals surface area contributed by atoms with Gasteiger partial charge in [0.25, 0.3) is 0 Å². The lowest BCUT2D eigenvalue weighted by Gasteiger charge is -2.22. The minimum atomic E-state index is 0.742. The van der Waals surface area contributed by atoms with Crippen molar-refractivity contribution >= 4 is 0 Å². The second-order valence-corrected chi connectivity index (χ2v) is 4.64. The average molecular weight is 229 g/mol. The lowest BCUT2D eigenvalue weighted by atomic mass is 9.98. The summed E-state index contributed by atoms with van der Waals surface area (Å²) < 4.78 is 0. The maximum atomic E-state index is 8.81. The predicted octanol–water partition coefficient (Wildman–Crippen LogP) is 1.65. The number of hydrogen-bond acceptors (Lipinski definition) is 3. The molecule has 1 aromatic carbocycles. The van der Waals surface area contributed by atoms with E-state index in [1.165, 1.54) is 18.4 Å². The molecule has 0 saturated carbocycles. The zero-order valence-corrected chi connectivity index (χ0v) is 10.1. The lowest BCUT2D eigenvalue weighted by Crippen LogP contribution is -2.33. The summed E-state index contributed by atoms with van der Waals surface area (Å²) in [7, 11) is 0. The first-order valence-corrected chi connectivity index (χ1v) is 6.29. The fourth-order valence-electron chi connectivity index (χ4n) is 2.26. The van der Waals surface area contributed by atoms with Crippen LogP contribution in [0.3, 0.4) is 0 Å². The van der Waals surface area contributed by atoms with Crippen LogP contribution in [0.4, 0.5) is 0 Å². The molecule has 0 bridgehead atoms. The van der Waals surface area contributed by atoms with Crippen molar-refractivity contribution in [3.8, 4) is 6.07 Å². The van der Waals surface area contributed by atoms with E-state index >= 15 is 0 Å². The van der Waals surface area contributed by atoms with Crippen LogP contribution in [0.15, 0.2) is 24.3 Å². The van der Waals surface area contributed by atoms with Gasteiger partial charge in [0.15, 0.2) is 0 Å². The van der Waals surface area contributed by atoms with Gasteiger partial charge in [-0.15, -0.1) is 0 Å². The predicted molar refractivity (Wildman–Crippen MR) is 68.5 cm³/mol. The molecule has 1 heterocycles. The van der Waals surface area contributed by atoms with Gasteiger partial charge >= 0.3 is 0 Å². The summed E-state index contributed by atoms with van der Waals surface area (Å²) in [6, 6.07) is 9.98. The molecule has 0 aromatic heterocycles. The zero-order chi connectivity index (χ0) is 11.9. The van der Waals surface area contributed by atoms with Gasteiger partial charge in [0.1, 0.15) is 0 Å². The summed E-state index contributed by atoms with van der Waals surface area (Å²) in [4.78, 5) is 0. The number of nitrogens with zero attached hydrogens (tertiary/aromatic N) is 1. The van der Waals surface area contributed by atoms with Gasteiger partial charge in [-0.05, 0) is 56.1 Å². The van der Waals surface area contributed by atoms with E-state index in [1.54, 1.807) is 0 Å². The molecule has 3 nitrogen and oxygen atoms in total. The second-order valence-electron chi connectivity index (χ2n) is 4.64. The highest BCUT2D eigenvalue weighted by Gasteiger charge is 2.11. The largest absolute Gasteiger partial charge is 0.317 e. The SMILES string of the molecule is N#Cc1cccc(CNCC2CCNCC2)c1. The minimum absolute atomic E-state index is 0.742. The maximum absolute atomic E-state index is 8.81. The van der Waals surface area contributed by atoms with Crippen molar-refractivity contribution in [3.63, 3.8) is 0 Å². The van der Waals surface area contributed by atoms with Crippen LogP contribution in [-0.2, 0) is 6.54 Å². The van der Waals surface area contributed by atoms with Crippen LogP contribution in [0, 0.1) is 17.2 Å². The van der Waals surface area contributed by atoms with Crippen molar-refractivity contribution in [1.82, 2.24) is 10.6 Å². The van der Waals surface area contributed by atoms with E-state index in [-0.39, 0.29) is 0 Å². The Morgan fingerprint density at radius 2 is 2.18 bits per heavy atom. The molecular weight excluding hydrogens is 210 g/mol. The van der Waals surface area contributed by atoms with Crippen molar-refractivity contribution in [2.75, 3.05) is 19.6 Å². The van der Waals surface area contributed by atoms with Gasteiger partial charge < -0.3 is 10.6 Å². The van der Waals surface area contributed by atoms with Crippen molar-refractivity contribution in [3.05, 3.63) is 35.4 Å². The molecule has 0 radical (unpaired) electrons. The van der Waals surface area contributed by atoms with Crippen LogP contribution in [-0.4, -0.2) is 19.6 Å². The fraction of sp³-hybridized carbons (Fsp3) is 0.500. The van der Waals surface area contributed by atoms with Gasteiger partial charge in [0, 0.05) is 6.54 Å². The summed E-state index contributed by atoms with van der Waals surface area (Å²) in [6.07, 6.45) is 2.54. The molecule has 1 saturated heterocycles. The second kappa shape index (κ2) is 6.39. The monoisotopic (exact) mass is 229 g/mol. The molecule has 1 aliphatic rings. The molecule has 17 heavy (non-hydrogen) atoms. The highest BCUT2D eigenvalue weighted by Crippen LogP contribution is 2.10. The standard InChI is InChI=1S/C14H19N3/c15-9-13-2-1-3-14(8-13)11-17-10-12-4-6-16-7-5-12/h1-3,8,12,16-17H,4-7,10-11H2. The highest BCUT2D eigenvalue weighted by atomic mass is 14.9. The molecule has 2 rings (SSSR count). The number of benzene rings is 1. The molecule has 2 N–H and O–H groups in total. The Hall–Kier alpha value is -1.37. The van der Waals surface area contributed by atoms with Gasteiger partial charge in [0.05, 0.1) is 11.6 Å². The molecule has 0 aliphatic carbocycles. The molecule has 0 amide bonds. The van der Waals surface area contributed by atoms with Gasteiger partial charge in [-0.2, -0.15) is 5.26 Å². The van der Waals surface area contributed by atoms with E-state index in [0.717, 1.165) is 37.7 Å². The van der Waals surface area contributed by atoms with E-state index in [9.17, 15) is 0 Å². The van der Waals surface area contributed by atoms with Crippen LogP contribution in [0.5, 0.6) is 0 Å². The molecule has 1 fully saturated rings. The topological polar surface area (TPSA) is 47.9 Å². The average Bonchev–Trinajstić information content (AvgIpc) is 2.40. The molecule has 0 atom stereocenters. The van der Waals surface area contributed by atoms with Crippen LogP contribution in [0.25, 0.3) is 0 Å². The Morgan fingerprint density at radius 1 is 1.35 bits per heavy atom. The molecule has 1 aromatic rings. The van der Waals surface area contributed by atoms with Crippen LogP contribution >= 0.6 is 0 Å². The van der Waals surface area contributed by atoms with Crippen LogP contribution in [0.1, 0.15) is 24.0 Å². The normalized spacial score (nSPS) is 16.6. The fourth-order valence-corrected chi connectivity index (χ4v) is 2.26. The van der Waals surface area contributed by atoms with E-state index < -0.39 is 0 Å². The van der Waals surface area contributed by atoms with Gasteiger partial charge in [0.2, 0.25) is 0 Å². The number of hydrogen-bond donors (Lipinski definition) is 2. The molecule has 90 valence electrons. The van der Waals surface area contributed by atoms with E-state index in [1.807, 2.05) is 18.2 Å². The number of rotatable bonds is 4. The number of nitriles is 1. The molecule has 3 heteroatoms. The van der Waals surface area contributed by atoms with E-state index in [2.05, 4.69) is 22.8 Å². The Labute approximate surface area is 103 Å². The third-order valence-corrected chi connectivity index (χ3v) is 3.28. The minimum Gasteiger partial charge on any atom is -0.317 e. The van der Waals surface area contributed by atoms with Crippen molar-refractivity contribution in [1.29, 1.82) is 5.26 Å². The number of nitrogens with one attached hydrogen (secondary N) is 2. The van der Waals surface area contributed by atoms with Crippen molar-refractivity contribution < 1.29 is 0 Å². The molecule has 1 aliphatic heterocycles. The summed E-state index contributed by atoms with van der Waals surface area (Å²) >= 11 is 0. The van der Waals surface area contributed by atoms with Crippen LogP contribution in [0.2, 0.25) is 0 Å². The summed E-state index contributed by atoms with van der Waals surface area (Å²) in [5.74, 6) is 0.801. The lowest BCUT2D eigenvalue weighted by molar-refractivity contribution is 0.356. The molecule has 0 spiro atoms. The summed E-state index contributed by atoms with van der Waals surface area (Å²) in [6.45, 7) is 4.24. The first-order valence-electron chi connectivity index (χ1n) is 6.29. The first kappa shape index (κ1) is 12.1. The first-order chi connectivity index (χ1) is 8.38. The van der Waals surface area contributed by atoms with Gasteiger partial charge in [-0.3, -0.25) is 0 Å².